The van der Waals surface area contributed by atoms with E-state index in [-0.39, 0.29) is 36.0 Å². The molecule has 4 nitrogen and oxygen atoms in total. The number of amides is 2. The third-order valence-electron chi connectivity index (χ3n) is 4.36. The van der Waals surface area contributed by atoms with E-state index in [4.69, 9.17) is 0 Å². The second-order valence-corrected chi connectivity index (χ2v) is 5.86. The third-order valence-corrected chi connectivity index (χ3v) is 4.36. The van der Waals surface area contributed by atoms with E-state index in [1.54, 1.807) is 23.1 Å². The first kappa shape index (κ1) is 14.0. The van der Waals surface area contributed by atoms with E-state index in [0.717, 1.165) is 12.8 Å². The van der Waals surface area contributed by atoms with Crippen molar-refractivity contribution in [2.45, 2.75) is 38.3 Å². The lowest BCUT2D eigenvalue weighted by Gasteiger charge is -2.30. The first-order valence-electron chi connectivity index (χ1n) is 7.42. The van der Waals surface area contributed by atoms with Gasteiger partial charge in [0.2, 0.25) is 11.8 Å². The van der Waals surface area contributed by atoms with Gasteiger partial charge in [-0.2, -0.15) is 0 Å². The number of carbonyl (C=O) groups is 2. The van der Waals surface area contributed by atoms with Gasteiger partial charge in [0.05, 0.1) is 6.04 Å². The summed E-state index contributed by atoms with van der Waals surface area (Å²) >= 11 is 0. The highest BCUT2D eigenvalue weighted by Crippen LogP contribution is 2.35. The molecule has 3 rings (SSSR count). The van der Waals surface area contributed by atoms with Crippen LogP contribution >= 0.6 is 0 Å². The van der Waals surface area contributed by atoms with Crippen LogP contribution in [0.5, 0.6) is 0 Å². The Morgan fingerprint density at radius 1 is 1.29 bits per heavy atom. The van der Waals surface area contributed by atoms with Gasteiger partial charge in [-0.05, 0) is 31.7 Å². The summed E-state index contributed by atoms with van der Waals surface area (Å²) < 4.78 is 13.9. The maximum Gasteiger partial charge on any atom is 0.245 e. The predicted molar refractivity (Wildman–Crippen MR) is 75.8 cm³/mol. The van der Waals surface area contributed by atoms with Crippen molar-refractivity contribution in [2.24, 2.45) is 5.92 Å². The molecule has 0 aromatic heterocycles. The molecule has 1 saturated heterocycles. The Balaban J connectivity index is 1.87. The lowest BCUT2D eigenvalue weighted by molar-refractivity contribution is -0.136. The normalized spacial score (nSPS) is 24.5. The summed E-state index contributed by atoms with van der Waals surface area (Å²) in [7, 11) is 0. The minimum absolute atomic E-state index is 0.0842. The van der Waals surface area contributed by atoms with Crippen molar-refractivity contribution in [1.82, 2.24) is 10.2 Å². The SMILES string of the molecule is CC(c1ccccc1F)N1CCC(=O)NC(C2CC2)C1=O. The molecule has 2 amide bonds. The Bertz CT molecular complexity index is 571. The number of hydrogen-bond donors (Lipinski definition) is 1. The zero-order chi connectivity index (χ0) is 15.0. The summed E-state index contributed by atoms with van der Waals surface area (Å²) in [5, 5.41) is 2.82. The van der Waals surface area contributed by atoms with Crippen LogP contribution in [0.4, 0.5) is 4.39 Å². The molecule has 0 radical (unpaired) electrons. The maximum atomic E-state index is 13.9. The Kier molecular flexibility index (Phi) is 3.66. The number of benzene rings is 1. The first-order valence-corrected chi connectivity index (χ1v) is 7.42. The molecular weight excluding hydrogens is 271 g/mol. The Labute approximate surface area is 123 Å². The molecule has 21 heavy (non-hydrogen) atoms. The van der Waals surface area contributed by atoms with Gasteiger partial charge in [-0.1, -0.05) is 18.2 Å². The van der Waals surface area contributed by atoms with E-state index in [9.17, 15) is 14.0 Å². The van der Waals surface area contributed by atoms with Crippen LogP contribution in [-0.4, -0.2) is 29.3 Å². The van der Waals surface area contributed by atoms with Crippen LogP contribution in [0.3, 0.4) is 0 Å². The van der Waals surface area contributed by atoms with Crippen molar-refractivity contribution in [2.75, 3.05) is 6.54 Å². The summed E-state index contributed by atoms with van der Waals surface area (Å²) in [5.74, 6) is -0.248. The Hall–Kier alpha value is -1.91. The van der Waals surface area contributed by atoms with E-state index in [1.807, 2.05) is 6.92 Å². The van der Waals surface area contributed by atoms with Gasteiger partial charge in [0.25, 0.3) is 0 Å². The minimum Gasteiger partial charge on any atom is -0.344 e. The van der Waals surface area contributed by atoms with Gasteiger partial charge in [0.15, 0.2) is 0 Å². The zero-order valence-electron chi connectivity index (χ0n) is 12.0. The number of hydrogen-bond acceptors (Lipinski definition) is 2. The highest BCUT2D eigenvalue weighted by Gasteiger charge is 2.42. The van der Waals surface area contributed by atoms with E-state index in [1.165, 1.54) is 6.07 Å². The topological polar surface area (TPSA) is 49.4 Å². The minimum atomic E-state index is -0.436. The molecule has 1 heterocycles. The second kappa shape index (κ2) is 5.47. The van der Waals surface area contributed by atoms with E-state index < -0.39 is 6.04 Å². The van der Waals surface area contributed by atoms with Crippen LogP contribution in [0.15, 0.2) is 24.3 Å². The monoisotopic (exact) mass is 290 g/mol. The fraction of sp³-hybridized carbons (Fsp3) is 0.500. The summed E-state index contributed by atoms with van der Waals surface area (Å²) in [6.07, 6.45) is 2.21. The largest absolute Gasteiger partial charge is 0.344 e. The van der Waals surface area contributed by atoms with Crippen LogP contribution in [0.2, 0.25) is 0 Å². The van der Waals surface area contributed by atoms with Gasteiger partial charge in [0.1, 0.15) is 11.9 Å². The molecule has 1 aliphatic carbocycles. The quantitative estimate of drug-likeness (QED) is 0.926. The van der Waals surface area contributed by atoms with Crippen LogP contribution in [-0.2, 0) is 9.59 Å². The number of halogens is 1. The summed E-state index contributed by atoms with van der Waals surface area (Å²) in [5.41, 5.74) is 0.495. The molecule has 1 N–H and O–H groups in total. The lowest BCUT2D eigenvalue weighted by Crippen LogP contribution is -2.46. The molecule has 2 atom stereocenters. The van der Waals surface area contributed by atoms with Crippen LogP contribution < -0.4 is 5.32 Å². The third kappa shape index (κ3) is 2.77. The van der Waals surface area contributed by atoms with E-state index >= 15 is 0 Å². The molecule has 2 fully saturated rings. The van der Waals surface area contributed by atoms with Gasteiger partial charge in [0, 0.05) is 18.5 Å². The molecule has 1 saturated carbocycles. The van der Waals surface area contributed by atoms with Crippen LogP contribution in [0.25, 0.3) is 0 Å². The van der Waals surface area contributed by atoms with E-state index in [2.05, 4.69) is 5.32 Å². The van der Waals surface area contributed by atoms with Crippen molar-refractivity contribution in [1.29, 1.82) is 0 Å². The highest BCUT2D eigenvalue weighted by molar-refractivity contribution is 5.90. The molecule has 1 aromatic carbocycles. The summed E-state index contributed by atoms with van der Waals surface area (Å²) in [4.78, 5) is 26.1. The van der Waals surface area contributed by atoms with Gasteiger partial charge in [-0.15, -0.1) is 0 Å². The number of rotatable bonds is 3. The summed E-state index contributed by atoms with van der Waals surface area (Å²) in [6, 6.07) is 5.68. The van der Waals surface area contributed by atoms with Crippen LogP contribution in [0.1, 0.15) is 37.8 Å². The molecule has 112 valence electrons. The van der Waals surface area contributed by atoms with Crippen molar-refractivity contribution in [3.05, 3.63) is 35.6 Å². The van der Waals surface area contributed by atoms with Crippen molar-refractivity contribution < 1.29 is 14.0 Å². The van der Waals surface area contributed by atoms with Gasteiger partial charge >= 0.3 is 0 Å². The highest BCUT2D eigenvalue weighted by atomic mass is 19.1. The van der Waals surface area contributed by atoms with Crippen molar-refractivity contribution in [3.8, 4) is 0 Å². The average Bonchev–Trinajstić information content (AvgIpc) is 3.29. The molecule has 1 aromatic rings. The number of carbonyl (C=O) groups excluding carboxylic acids is 2. The molecular formula is C16H19FN2O2. The van der Waals surface area contributed by atoms with Crippen molar-refractivity contribution in [3.63, 3.8) is 0 Å². The molecule has 1 aliphatic heterocycles. The second-order valence-electron chi connectivity index (χ2n) is 5.86. The Morgan fingerprint density at radius 2 is 2.00 bits per heavy atom. The number of nitrogens with zero attached hydrogens (tertiary/aromatic N) is 1. The zero-order valence-corrected chi connectivity index (χ0v) is 12.0. The Morgan fingerprint density at radius 3 is 2.67 bits per heavy atom. The molecule has 2 unspecified atom stereocenters. The fourth-order valence-electron chi connectivity index (χ4n) is 2.93. The van der Waals surface area contributed by atoms with Gasteiger partial charge in [-0.3, -0.25) is 9.59 Å². The maximum absolute atomic E-state index is 13.9. The molecule has 5 heteroatoms. The fourth-order valence-corrected chi connectivity index (χ4v) is 2.93. The first-order chi connectivity index (χ1) is 10.1. The average molecular weight is 290 g/mol. The molecule has 2 aliphatic rings. The van der Waals surface area contributed by atoms with E-state index in [0.29, 0.717) is 12.1 Å². The lowest BCUT2D eigenvalue weighted by atomic mass is 10.0. The molecule has 0 spiro atoms. The van der Waals surface area contributed by atoms with Crippen molar-refractivity contribution >= 4 is 11.8 Å². The smallest absolute Gasteiger partial charge is 0.245 e. The van der Waals surface area contributed by atoms with Gasteiger partial charge in [-0.25, -0.2) is 4.39 Å². The predicted octanol–water partition coefficient (Wildman–Crippen LogP) is 2.01. The van der Waals surface area contributed by atoms with Crippen LogP contribution in [0, 0.1) is 11.7 Å². The molecule has 0 bridgehead atoms. The standard InChI is InChI=1S/C16H19FN2O2/c1-10(12-4-2-3-5-13(12)17)19-9-8-14(20)18-15(16(19)21)11-6-7-11/h2-5,10-11,15H,6-9H2,1H3,(H,18,20). The summed E-state index contributed by atoms with van der Waals surface area (Å²) in [6.45, 7) is 2.15. The number of nitrogens with one attached hydrogen (secondary N) is 1. The van der Waals surface area contributed by atoms with Gasteiger partial charge < -0.3 is 10.2 Å².